The van der Waals surface area contributed by atoms with Gasteiger partial charge in [0.05, 0.1) is 6.61 Å². The third-order valence-electron chi connectivity index (χ3n) is 2.55. The third kappa shape index (κ3) is 2.01. The van der Waals surface area contributed by atoms with Crippen LogP contribution in [0.5, 0.6) is 0 Å². The third-order valence-corrected chi connectivity index (χ3v) is 2.55. The summed E-state index contributed by atoms with van der Waals surface area (Å²) in [5.74, 6) is -0.0184. The molecule has 1 aromatic rings. The summed E-state index contributed by atoms with van der Waals surface area (Å²) >= 11 is 0. The van der Waals surface area contributed by atoms with E-state index < -0.39 is 37.0 Å². The molecule has 0 unspecified atom stereocenters. The van der Waals surface area contributed by atoms with Crippen LogP contribution in [0.2, 0.25) is 0 Å². The molecule has 0 spiro atoms. The molecule has 0 bridgehead atoms. The van der Waals surface area contributed by atoms with Crippen LogP contribution < -0.4 is 11.4 Å². The van der Waals surface area contributed by atoms with Gasteiger partial charge in [-0.2, -0.15) is 4.98 Å². The monoisotopic (exact) mass is 247 g/mol. The smallest absolute Gasteiger partial charge is 0.351 e. The maximum atomic E-state index is 13.6. The summed E-state index contributed by atoms with van der Waals surface area (Å²) in [4.78, 5) is 14.8. The van der Waals surface area contributed by atoms with Crippen molar-refractivity contribution in [2.75, 3.05) is 12.3 Å². The van der Waals surface area contributed by atoms with Crippen molar-refractivity contribution < 1.29 is 18.6 Å². The van der Waals surface area contributed by atoms with Crippen LogP contribution in [0.15, 0.2) is 17.1 Å². The Hall–Kier alpha value is -1.54. The van der Waals surface area contributed by atoms with E-state index >= 15 is 0 Å². The number of alkyl halides is 2. The molecule has 0 aliphatic carbocycles. The minimum absolute atomic E-state index is 0.0184. The zero-order chi connectivity index (χ0) is 12.6. The molecule has 2 heterocycles. The lowest BCUT2D eigenvalue weighted by Crippen LogP contribution is -2.32. The predicted molar refractivity (Wildman–Crippen MR) is 53.7 cm³/mol. The zero-order valence-corrected chi connectivity index (χ0v) is 8.66. The first-order valence-electron chi connectivity index (χ1n) is 4.93. The summed E-state index contributed by atoms with van der Waals surface area (Å²) in [6.45, 7) is -0.658. The maximum Gasteiger partial charge on any atom is 0.351 e. The largest absolute Gasteiger partial charge is 0.394 e. The Morgan fingerprint density at radius 1 is 1.53 bits per heavy atom. The second-order valence-electron chi connectivity index (χ2n) is 3.68. The molecule has 0 saturated carbocycles. The fourth-order valence-corrected chi connectivity index (χ4v) is 1.67. The van der Waals surface area contributed by atoms with E-state index in [2.05, 4.69) is 4.98 Å². The number of aliphatic hydroxyl groups is 1. The summed E-state index contributed by atoms with van der Waals surface area (Å²) in [5.41, 5.74) is 4.44. The van der Waals surface area contributed by atoms with Gasteiger partial charge in [-0.15, -0.1) is 0 Å². The highest BCUT2D eigenvalue weighted by molar-refractivity contribution is 5.23. The molecule has 17 heavy (non-hydrogen) atoms. The van der Waals surface area contributed by atoms with Gasteiger partial charge in [0, 0.05) is 6.20 Å². The van der Waals surface area contributed by atoms with Gasteiger partial charge in [-0.3, -0.25) is 4.57 Å². The number of hydrogen-bond donors (Lipinski definition) is 2. The molecule has 0 aromatic carbocycles. The van der Waals surface area contributed by atoms with Crippen molar-refractivity contribution in [3.63, 3.8) is 0 Å². The standard InChI is InChI=1S/C9H11F2N3O3/c10-6-4(3-15)17-8(7(6)11)14-2-1-5(12)13-9(14)16/h1-2,4,6-8,15H,3H2,(H2,12,13,16)/t4-,6-,7-,8-/m0/s1. The van der Waals surface area contributed by atoms with E-state index in [0.29, 0.717) is 0 Å². The van der Waals surface area contributed by atoms with Crippen LogP contribution in [0.1, 0.15) is 6.23 Å². The van der Waals surface area contributed by atoms with Gasteiger partial charge in [0.25, 0.3) is 0 Å². The van der Waals surface area contributed by atoms with Gasteiger partial charge in [-0.25, -0.2) is 13.6 Å². The topological polar surface area (TPSA) is 90.4 Å². The Bertz CT molecular complexity index is 467. The second-order valence-corrected chi connectivity index (χ2v) is 3.68. The minimum atomic E-state index is -2.03. The normalized spacial score (nSPS) is 32.9. The number of rotatable bonds is 2. The molecule has 1 aliphatic heterocycles. The van der Waals surface area contributed by atoms with Crippen molar-refractivity contribution in [3.05, 3.63) is 22.7 Å². The summed E-state index contributed by atoms with van der Waals surface area (Å²) in [7, 11) is 0. The molecular formula is C9H11F2N3O3. The Labute approximate surface area is 94.6 Å². The van der Waals surface area contributed by atoms with Crippen LogP contribution in [0, 0.1) is 0 Å². The van der Waals surface area contributed by atoms with Gasteiger partial charge < -0.3 is 15.6 Å². The predicted octanol–water partition coefficient (Wildman–Crippen LogP) is -0.609. The Morgan fingerprint density at radius 2 is 2.24 bits per heavy atom. The van der Waals surface area contributed by atoms with Crippen LogP contribution in [-0.4, -0.2) is 39.7 Å². The zero-order valence-electron chi connectivity index (χ0n) is 8.66. The highest BCUT2D eigenvalue weighted by Crippen LogP contribution is 2.32. The number of hydrogen-bond acceptors (Lipinski definition) is 5. The van der Waals surface area contributed by atoms with Gasteiger partial charge in [-0.05, 0) is 6.07 Å². The lowest BCUT2D eigenvalue weighted by atomic mass is 10.2. The fourth-order valence-electron chi connectivity index (χ4n) is 1.67. The van der Waals surface area contributed by atoms with Crippen LogP contribution in [0.3, 0.4) is 0 Å². The first-order chi connectivity index (χ1) is 8.04. The van der Waals surface area contributed by atoms with Crippen LogP contribution in [0.25, 0.3) is 0 Å². The molecule has 1 saturated heterocycles. The maximum absolute atomic E-state index is 13.6. The van der Waals surface area contributed by atoms with Crippen LogP contribution in [-0.2, 0) is 4.74 Å². The molecule has 8 heteroatoms. The van der Waals surface area contributed by atoms with Gasteiger partial charge >= 0.3 is 5.69 Å². The lowest BCUT2D eigenvalue weighted by Gasteiger charge is -2.15. The molecule has 1 aliphatic rings. The highest BCUT2D eigenvalue weighted by Gasteiger charge is 2.46. The second kappa shape index (κ2) is 4.38. The van der Waals surface area contributed by atoms with Gasteiger partial charge in [0.1, 0.15) is 11.9 Å². The number of anilines is 1. The molecular weight excluding hydrogens is 236 g/mol. The number of nitrogens with zero attached hydrogens (tertiary/aromatic N) is 2. The van der Waals surface area contributed by atoms with Crippen molar-refractivity contribution in [3.8, 4) is 0 Å². The van der Waals surface area contributed by atoms with Gasteiger partial charge in [0.2, 0.25) is 0 Å². The van der Waals surface area contributed by atoms with Crippen LogP contribution in [0.4, 0.5) is 14.6 Å². The molecule has 2 rings (SSSR count). The van der Waals surface area contributed by atoms with Crippen molar-refractivity contribution in [1.29, 1.82) is 0 Å². The number of nitrogen functional groups attached to an aromatic ring is 1. The van der Waals surface area contributed by atoms with Gasteiger partial charge in [0.15, 0.2) is 18.6 Å². The summed E-state index contributed by atoms with van der Waals surface area (Å²) < 4.78 is 32.6. The summed E-state index contributed by atoms with van der Waals surface area (Å²) in [6.07, 6.45) is -5.54. The average molecular weight is 247 g/mol. The lowest BCUT2D eigenvalue weighted by molar-refractivity contribution is -0.0436. The van der Waals surface area contributed by atoms with Crippen LogP contribution >= 0.6 is 0 Å². The van der Waals surface area contributed by atoms with E-state index in [1.807, 2.05) is 0 Å². The Balaban J connectivity index is 2.32. The van der Waals surface area contributed by atoms with E-state index in [9.17, 15) is 13.6 Å². The van der Waals surface area contributed by atoms with E-state index in [1.165, 1.54) is 12.3 Å². The number of aliphatic hydroxyl groups excluding tert-OH is 1. The molecule has 4 atom stereocenters. The number of halogens is 2. The first-order valence-corrected chi connectivity index (χ1v) is 4.93. The molecule has 6 nitrogen and oxygen atoms in total. The first kappa shape index (κ1) is 11.9. The van der Waals surface area contributed by atoms with Crippen molar-refractivity contribution in [2.45, 2.75) is 24.7 Å². The molecule has 0 radical (unpaired) electrons. The molecule has 1 fully saturated rings. The Kier molecular flexibility index (Phi) is 3.07. The number of nitrogens with two attached hydrogens (primary N) is 1. The van der Waals surface area contributed by atoms with E-state index in [4.69, 9.17) is 15.6 Å². The van der Waals surface area contributed by atoms with Crippen molar-refractivity contribution in [1.82, 2.24) is 9.55 Å². The molecule has 1 aromatic heterocycles. The average Bonchev–Trinajstić information content (AvgIpc) is 2.57. The Morgan fingerprint density at radius 3 is 2.76 bits per heavy atom. The summed E-state index contributed by atoms with van der Waals surface area (Å²) in [6, 6.07) is 1.27. The van der Waals surface area contributed by atoms with Gasteiger partial charge in [-0.1, -0.05) is 0 Å². The minimum Gasteiger partial charge on any atom is -0.394 e. The quantitative estimate of drug-likeness (QED) is 0.727. The number of ether oxygens (including phenoxy) is 1. The number of aromatic nitrogens is 2. The SMILES string of the molecule is Nc1ccn([C@H]2O[C@@H](CO)[C@H](F)[C@@H]2F)c(=O)n1. The van der Waals surface area contributed by atoms with E-state index in [0.717, 1.165) is 4.57 Å². The fraction of sp³-hybridized carbons (Fsp3) is 0.556. The van der Waals surface area contributed by atoms with E-state index in [1.54, 1.807) is 0 Å². The molecule has 3 N–H and O–H groups in total. The van der Waals surface area contributed by atoms with E-state index in [-0.39, 0.29) is 5.82 Å². The van der Waals surface area contributed by atoms with Crippen molar-refractivity contribution in [2.24, 2.45) is 0 Å². The highest BCUT2D eigenvalue weighted by atomic mass is 19.2. The molecule has 94 valence electrons. The summed E-state index contributed by atoms with van der Waals surface area (Å²) in [5, 5.41) is 8.78. The molecule has 0 amide bonds. The van der Waals surface area contributed by atoms with Crippen molar-refractivity contribution >= 4 is 5.82 Å².